The molecular weight excluding hydrogens is 391 g/mol. The Hall–Kier alpha value is -3.06. The Kier molecular flexibility index (Phi) is 6.39. The number of aryl methyl sites for hydroxylation is 3. The number of ether oxygens (including phenoxy) is 1. The molecule has 5 nitrogen and oxygen atoms in total. The van der Waals surface area contributed by atoms with Gasteiger partial charge in [0.15, 0.2) is 6.61 Å². The SMILES string of the molecule is Cc1ccc(-c2nc(C)sc2CC(=O)OCC(=O)Nc2ccc(C)cc2F)cc1. The summed E-state index contributed by atoms with van der Waals surface area (Å²) in [5.41, 5.74) is 3.61. The molecule has 0 spiro atoms. The number of thiazole rings is 1. The largest absolute Gasteiger partial charge is 0.455 e. The first-order valence-corrected chi connectivity index (χ1v) is 9.88. The van der Waals surface area contributed by atoms with Crippen LogP contribution in [0.3, 0.4) is 0 Å². The van der Waals surface area contributed by atoms with E-state index < -0.39 is 24.3 Å². The first-order valence-electron chi connectivity index (χ1n) is 9.07. The Labute approximate surface area is 172 Å². The van der Waals surface area contributed by atoms with Gasteiger partial charge >= 0.3 is 5.97 Å². The average Bonchev–Trinajstić information content (AvgIpc) is 3.03. The number of amides is 1. The van der Waals surface area contributed by atoms with Gasteiger partial charge in [-0.25, -0.2) is 9.37 Å². The van der Waals surface area contributed by atoms with Crippen LogP contribution in [0.25, 0.3) is 11.3 Å². The van der Waals surface area contributed by atoms with Crippen LogP contribution in [0.1, 0.15) is 21.0 Å². The van der Waals surface area contributed by atoms with Crippen molar-refractivity contribution >= 4 is 28.9 Å². The molecule has 0 bridgehead atoms. The van der Waals surface area contributed by atoms with Gasteiger partial charge in [0.1, 0.15) is 5.82 Å². The third-order valence-corrected chi connectivity index (χ3v) is 5.17. The lowest BCUT2D eigenvalue weighted by atomic mass is 10.1. The molecule has 0 saturated heterocycles. The molecule has 0 aliphatic heterocycles. The van der Waals surface area contributed by atoms with Crippen molar-refractivity contribution in [3.05, 3.63) is 69.3 Å². The van der Waals surface area contributed by atoms with E-state index in [4.69, 9.17) is 4.74 Å². The predicted molar refractivity (Wildman–Crippen MR) is 111 cm³/mol. The predicted octanol–water partition coefficient (Wildman–Crippen LogP) is 4.60. The Bertz CT molecular complexity index is 1040. The second-order valence-electron chi connectivity index (χ2n) is 6.74. The number of carbonyl (C=O) groups excluding carboxylic acids is 2. The molecule has 0 aliphatic carbocycles. The summed E-state index contributed by atoms with van der Waals surface area (Å²) in [4.78, 5) is 29.5. The van der Waals surface area contributed by atoms with E-state index in [-0.39, 0.29) is 12.1 Å². The Morgan fingerprint density at radius 1 is 1.07 bits per heavy atom. The minimum absolute atomic E-state index is 0.0148. The zero-order valence-corrected chi connectivity index (χ0v) is 17.2. The number of aromatic nitrogens is 1. The fourth-order valence-corrected chi connectivity index (χ4v) is 3.71. The van der Waals surface area contributed by atoms with Gasteiger partial charge in [-0.05, 0) is 38.5 Å². The van der Waals surface area contributed by atoms with Crippen LogP contribution < -0.4 is 5.32 Å². The van der Waals surface area contributed by atoms with E-state index in [2.05, 4.69) is 10.3 Å². The monoisotopic (exact) mass is 412 g/mol. The molecule has 1 N–H and O–H groups in total. The summed E-state index contributed by atoms with van der Waals surface area (Å²) < 4.78 is 18.9. The topological polar surface area (TPSA) is 68.3 Å². The van der Waals surface area contributed by atoms with Crippen LogP contribution in [0.5, 0.6) is 0 Å². The average molecular weight is 412 g/mol. The highest BCUT2D eigenvalue weighted by Crippen LogP contribution is 2.29. The molecule has 0 radical (unpaired) electrons. The molecule has 0 atom stereocenters. The minimum Gasteiger partial charge on any atom is -0.455 e. The molecule has 3 rings (SSSR count). The second kappa shape index (κ2) is 8.96. The number of anilines is 1. The van der Waals surface area contributed by atoms with Crippen molar-refractivity contribution in [2.24, 2.45) is 0 Å². The van der Waals surface area contributed by atoms with E-state index in [0.717, 1.165) is 32.3 Å². The highest BCUT2D eigenvalue weighted by atomic mass is 32.1. The van der Waals surface area contributed by atoms with E-state index in [1.165, 1.54) is 23.5 Å². The summed E-state index contributed by atoms with van der Waals surface area (Å²) in [7, 11) is 0. The second-order valence-corrected chi connectivity index (χ2v) is 8.03. The summed E-state index contributed by atoms with van der Waals surface area (Å²) in [6.07, 6.45) is 0.0148. The van der Waals surface area contributed by atoms with E-state index in [0.29, 0.717) is 0 Å². The van der Waals surface area contributed by atoms with Gasteiger partial charge in [-0.1, -0.05) is 35.9 Å². The van der Waals surface area contributed by atoms with Crippen molar-refractivity contribution in [3.63, 3.8) is 0 Å². The van der Waals surface area contributed by atoms with Crippen LogP contribution in [0, 0.1) is 26.6 Å². The van der Waals surface area contributed by atoms with E-state index in [1.807, 2.05) is 38.1 Å². The number of benzene rings is 2. The van der Waals surface area contributed by atoms with E-state index in [9.17, 15) is 14.0 Å². The van der Waals surface area contributed by atoms with Crippen LogP contribution >= 0.6 is 11.3 Å². The van der Waals surface area contributed by atoms with Crippen molar-refractivity contribution in [2.45, 2.75) is 27.2 Å². The molecule has 1 aromatic heterocycles. The van der Waals surface area contributed by atoms with Gasteiger partial charge in [-0.2, -0.15) is 0 Å². The molecule has 29 heavy (non-hydrogen) atoms. The highest BCUT2D eigenvalue weighted by Gasteiger charge is 2.17. The number of nitrogens with one attached hydrogen (secondary N) is 1. The van der Waals surface area contributed by atoms with Gasteiger partial charge < -0.3 is 10.1 Å². The maximum absolute atomic E-state index is 13.8. The zero-order valence-electron chi connectivity index (χ0n) is 16.4. The summed E-state index contributed by atoms with van der Waals surface area (Å²) in [6, 6.07) is 12.4. The number of hydrogen-bond acceptors (Lipinski definition) is 5. The van der Waals surface area contributed by atoms with Crippen molar-refractivity contribution < 1.29 is 18.7 Å². The summed E-state index contributed by atoms with van der Waals surface area (Å²) >= 11 is 1.42. The van der Waals surface area contributed by atoms with Crippen LogP contribution in [-0.2, 0) is 20.7 Å². The van der Waals surface area contributed by atoms with Crippen molar-refractivity contribution in [1.29, 1.82) is 0 Å². The number of esters is 1. The Morgan fingerprint density at radius 2 is 1.76 bits per heavy atom. The lowest BCUT2D eigenvalue weighted by Gasteiger charge is -2.08. The Balaban J connectivity index is 1.60. The normalized spacial score (nSPS) is 10.6. The molecule has 1 heterocycles. The fourth-order valence-electron chi connectivity index (χ4n) is 2.76. The molecule has 7 heteroatoms. The van der Waals surface area contributed by atoms with Crippen molar-refractivity contribution in [3.8, 4) is 11.3 Å². The lowest BCUT2D eigenvalue weighted by molar-refractivity contribution is -0.146. The smallest absolute Gasteiger partial charge is 0.311 e. The van der Waals surface area contributed by atoms with Gasteiger partial charge in [-0.3, -0.25) is 9.59 Å². The maximum Gasteiger partial charge on any atom is 0.311 e. The number of hydrogen-bond donors (Lipinski definition) is 1. The van der Waals surface area contributed by atoms with Crippen molar-refractivity contribution in [2.75, 3.05) is 11.9 Å². The van der Waals surface area contributed by atoms with Crippen molar-refractivity contribution in [1.82, 2.24) is 4.98 Å². The molecule has 3 aromatic rings. The molecular formula is C22H21FN2O3S. The van der Waals surface area contributed by atoms with Gasteiger partial charge in [0.05, 0.1) is 22.8 Å². The summed E-state index contributed by atoms with van der Waals surface area (Å²) in [5, 5.41) is 3.25. The molecule has 0 saturated carbocycles. The number of halogens is 1. The molecule has 2 aromatic carbocycles. The third kappa shape index (κ3) is 5.48. The highest BCUT2D eigenvalue weighted by molar-refractivity contribution is 7.12. The van der Waals surface area contributed by atoms with Crippen LogP contribution in [0.2, 0.25) is 0 Å². The van der Waals surface area contributed by atoms with E-state index in [1.54, 1.807) is 13.0 Å². The van der Waals surface area contributed by atoms with E-state index >= 15 is 0 Å². The molecule has 150 valence electrons. The first-order chi connectivity index (χ1) is 13.8. The minimum atomic E-state index is -0.597. The lowest BCUT2D eigenvalue weighted by Crippen LogP contribution is -2.22. The van der Waals surface area contributed by atoms with Gasteiger partial charge in [0, 0.05) is 10.4 Å². The molecule has 0 unspecified atom stereocenters. The quantitative estimate of drug-likeness (QED) is 0.601. The number of carbonyl (C=O) groups is 2. The molecule has 0 aliphatic rings. The Morgan fingerprint density at radius 3 is 2.45 bits per heavy atom. The summed E-state index contributed by atoms with van der Waals surface area (Å²) in [6.45, 7) is 5.15. The summed E-state index contributed by atoms with van der Waals surface area (Å²) in [5.74, 6) is -1.67. The van der Waals surface area contributed by atoms with Gasteiger partial charge in [-0.15, -0.1) is 11.3 Å². The van der Waals surface area contributed by atoms with Crippen LogP contribution in [0.4, 0.5) is 10.1 Å². The first kappa shape index (κ1) is 20.7. The van der Waals surface area contributed by atoms with Crippen LogP contribution in [0.15, 0.2) is 42.5 Å². The maximum atomic E-state index is 13.8. The molecule has 0 fully saturated rings. The third-order valence-electron chi connectivity index (χ3n) is 4.20. The number of rotatable bonds is 6. The van der Waals surface area contributed by atoms with Gasteiger partial charge in [0.2, 0.25) is 0 Å². The van der Waals surface area contributed by atoms with Crippen LogP contribution in [-0.4, -0.2) is 23.5 Å². The standard InChI is InChI=1S/C22H21FN2O3S/c1-13-4-7-16(8-5-13)22-19(29-15(3)24-22)11-21(27)28-12-20(26)25-18-9-6-14(2)10-17(18)23/h4-10H,11-12H2,1-3H3,(H,25,26). The van der Waals surface area contributed by atoms with Gasteiger partial charge in [0.25, 0.3) is 5.91 Å². The number of nitrogens with zero attached hydrogens (tertiary/aromatic N) is 1. The fraction of sp³-hybridized carbons (Fsp3) is 0.227. The zero-order chi connectivity index (χ0) is 21.0. The molecule has 1 amide bonds.